The van der Waals surface area contributed by atoms with E-state index < -0.39 is 22.2 Å². The summed E-state index contributed by atoms with van der Waals surface area (Å²) in [7, 11) is 0. The maximum Gasteiger partial charge on any atom is 0.447 e. The zero-order valence-electron chi connectivity index (χ0n) is 6.19. The zero-order valence-corrected chi connectivity index (χ0v) is 8.46. The van der Waals surface area contributed by atoms with Crippen LogP contribution in [0.15, 0.2) is 0 Å². The average molecular weight is 303 g/mol. The fourth-order valence-electron chi connectivity index (χ4n) is 0.277. The fraction of sp³-hybridized carbons (Fsp3) is 1.00. The first-order valence-electron chi connectivity index (χ1n) is 2.80. The minimum atomic E-state index is -5.69. The van der Waals surface area contributed by atoms with Crippen LogP contribution < -0.4 is 0 Å². The zero-order chi connectivity index (χ0) is 12.7. The monoisotopic (exact) mass is 302 g/mol. The molecule has 0 aromatic rings. The third-order valence-electron chi connectivity index (χ3n) is 0.916. The first kappa shape index (κ1) is 15.3. The Kier molecular flexibility index (Phi) is 4.06. The van der Waals surface area contributed by atoms with Gasteiger partial charge in [0.15, 0.2) is 0 Å². The van der Waals surface area contributed by atoms with E-state index in [9.17, 15) is 30.7 Å². The van der Waals surface area contributed by atoms with Crippen molar-refractivity contribution in [1.82, 2.24) is 0 Å². The smallest absolute Gasteiger partial charge is 0.269 e. The Bertz CT molecular complexity index is 207. The molecule has 0 aromatic heterocycles. The van der Waals surface area contributed by atoms with Crippen molar-refractivity contribution in [1.29, 1.82) is 0 Å². The Labute approximate surface area is 93.0 Å². The maximum atomic E-state index is 12.2. The second-order valence-electron chi connectivity index (χ2n) is 2.13. The van der Waals surface area contributed by atoms with Crippen molar-refractivity contribution < 1.29 is 35.5 Å². The Morgan fingerprint density at radius 2 is 1.07 bits per heavy atom. The topological polar surface area (TPSA) is 9.23 Å². The van der Waals surface area contributed by atoms with Gasteiger partial charge in [0.1, 0.15) is 0 Å². The largest absolute Gasteiger partial charge is 0.447 e. The summed E-state index contributed by atoms with van der Waals surface area (Å²) in [6.45, 7) is 0. The summed E-state index contributed by atoms with van der Waals surface area (Å²) in [5.41, 5.74) is 0. The fourth-order valence-corrected chi connectivity index (χ4v) is 0.509. The van der Waals surface area contributed by atoms with Gasteiger partial charge in [-0.05, 0) is 11.6 Å². The van der Waals surface area contributed by atoms with Crippen LogP contribution in [0.3, 0.4) is 0 Å². The van der Waals surface area contributed by atoms with E-state index in [0.717, 1.165) is 0 Å². The molecule has 0 heterocycles. The molecule has 0 aliphatic carbocycles. The van der Waals surface area contributed by atoms with Crippen LogP contribution in [0.4, 0.5) is 30.7 Å². The molecule has 0 fully saturated rings. The van der Waals surface area contributed by atoms with Crippen molar-refractivity contribution in [3.8, 4) is 0 Å². The molecule has 0 aromatic carbocycles. The number of rotatable bonds is 3. The molecule has 0 N–H and O–H groups in total. The molecule has 0 radical (unpaired) electrons. The molecule has 0 saturated heterocycles. The summed E-state index contributed by atoms with van der Waals surface area (Å²) in [5, 5.41) is -5.38. The molecule has 0 amide bonds. The van der Waals surface area contributed by atoms with E-state index in [1.165, 1.54) is 0 Å². The van der Waals surface area contributed by atoms with Crippen LogP contribution in [-0.2, 0) is 4.74 Å². The lowest BCUT2D eigenvalue weighted by atomic mass is 10.6. The number of halogens is 10. The molecular weight excluding hydrogens is 303 g/mol. The average Bonchev–Trinajstić information content (AvgIpc) is 1.77. The van der Waals surface area contributed by atoms with Crippen LogP contribution in [0.5, 0.6) is 0 Å². The Balaban J connectivity index is 4.89. The SMILES string of the molecule is FC(F)(F)C(Cl)(Cl)OC(F)(F)C(F)(F)Cl. The normalized spacial score (nSPS) is 15.6. The number of ether oxygens (including phenoxy) is 1. The van der Waals surface area contributed by atoms with Gasteiger partial charge in [-0.15, -0.1) is 0 Å². The van der Waals surface area contributed by atoms with Crippen LogP contribution >= 0.6 is 34.8 Å². The Morgan fingerprint density at radius 3 is 1.27 bits per heavy atom. The van der Waals surface area contributed by atoms with Gasteiger partial charge in [-0.3, -0.25) is 4.74 Å². The van der Waals surface area contributed by atoms with Gasteiger partial charge in [0.25, 0.3) is 0 Å². The quantitative estimate of drug-likeness (QED) is 0.563. The lowest BCUT2D eigenvalue weighted by Crippen LogP contribution is -2.48. The standard InChI is InChI=1S/C4Cl3F7O/c5-1(6,3(10,11)12)15-4(13,14)2(7,8)9. The predicted octanol–water partition coefficient (Wildman–Crippen LogP) is 4.12. The summed E-state index contributed by atoms with van der Waals surface area (Å²) in [6.07, 6.45) is -11.4. The van der Waals surface area contributed by atoms with Gasteiger partial charge in [0, 0.05) is 0 Å². The van der Waals surface area contributed by atoms with Crippen molar-refractivity contribution in [2.75, 3.05) is 0 Å². The highest BCUT2D eigenvalue weighted by Crippen LogP contribution is 2.49. The molecule has 0 bridgehead atoms. The molecule has 0 saturated carbocycles. The van der Waals surface area contributed by atoms with Crippen LogP contribution in [0.25, 0.3) is 0 Å². The van der Waals surface area contributed by atoms with Crippen molar-refractivity contribution >= 4 is 34.8 Å². The minimum Gasteiger partial charge on any atom is -0.269 e. The van der Waals surface area contributed by atoms with Crippen LogP contribution in [-0.4, -0.2) is 22.2 Å². The molecule has 0 unspecified atom stereocenters. The summed E-state index contributed by atoms with van der Waals surface area (Å²) in [5.74, 6) is 0. The number of alkyl halides is 10. The first-order chi connectivity index (χ1) is 6.21. The molecule has 1 nitrogen and oxygen atoms in total. The molecular formula is C4Cl3F7O. The number of hydrogen-bond donors (Lipinski definition) is 0. The van der Waals surface area contributed by atoms with Gasteiger partial charge in [-0.2, -0.15) is 30.7 Å². The second kappa shape index (κ2) is 3.97. The summed E-state index contributed by atoms with van der Waals surface area (Å²) in [4.78, 5) is 0. The van der Waals surface area contributed by atoms with E-state index in [2.05, 4.69) is 39.5 Å². The highest BCUT2D eigenvalue weighted by Gasteiger charge is 2.66. The van der Waals surface area contributed by atoms with E-state index in [-0.39, 0.29) is 0 Å². The first-order valence-corrected chi connectivity index (χ1v) is 3.93. The van der Waals surface area contributed by atoms with Gasteiger partial charge in [0.05, 0.1) is 0 Å². The van der Waals surface area contributed by atoms with Gasteiger partial charge in [-0.1, -0.05) is 23.2 Å². The van der Waals surface area contributed by atoms with E-state index in [4.69, 9.17) is 0 Å². The third kappa shape index (κ3) is 3.69. The van der Waals surface area contributed by atoms with Gasteiger partial charge in [0.2, 0.25) is 0 Å². The highest BCUT2D eigenvalue weighted by atomic mass is 35.5. The third-order valence-corrected chi connectivity index (χ3v) is 1.72. The number of hydrogen-bond acceptors (Lipinski definition) is 1. The molecule has 0 aliphatic heterocycles. The summed E-state index contributed by atoms with van der Waals surface area (Å²) in [6, 6.07) is 0. The lowest BCUT2D eigenvalue weighted by Gasteiger charge is -2.29. The van der Waals surface area contributed by atoms with E-state index in [1.54, 1.807) is 0 Å². The molecule has 92 valence electrons. The second-order valence-corrected chi connectivity index (χ2v) is 3.86. The van der Waals surface area contributed by atoms with Crippen LogP contribution in [0, 0.1) is 0 Å². The summed E-state index contributed by atoms with van der Waals surface area (Å²) < 4.78 is 81.3. The van der Waals surface area contributed by atoms with Gasteiger partial charge >= 0.3 is 22.2 Å². The van der Waals surface area contributed by atoms with E-state index >= 15 is 0 Å². The minimum absolute atomic E-state index is 2.54. The molecule has 11 heteroatoms. The Hall–Kier alpha value is 0.340. The molecule has 15 heavy (non-hydrogen) atoms. The van der Waals surface area contributed by atoms with E-state index in [1.807, 2.05) is 0 Å². The van der Waals surface area contributed by atoms with Crippen molar-refractivity contribution in [2.24, 2.45) is 0 Å². The van der Waals surface area contributed by atoms with Crippen molar-refractivity contribution in [3.63, 3.8) is 0 Å². The lowest BCUT2D eigenvalue weighted by molar-refractivity contribution is -0.364. The van der Waals surface area contributed by atoms with Gasteiger partial charge in [-0.25, -0.2) is 0 Å². The maximum absolute atomic E-state index is 12.2. The molecule has 0 spiro atoms. The van der Waals surface area contributed by atoms with Crippen LogP contribution in [0.1, 0.15) is 0 Å². The molecule has 0 aliphatic rings. The Morgan fingerprint density at radius 1 is 0.733 bits per heavy atom. The summed E-state index contributed by atoms with van der Waals surface area (Å²) >= 11 is 12.3. The van der Waals surface area contributed by atoms with Gasteiger partial charge < -0.3 is 0 Å². The molecule has 0 atom stereocenters. The van der Waals surface area contributed by atoms with Crippen molar-refractivity contribution in [2.45, 2.75) is 22.2 Å². The highest BCUT2D eigenvalue weighted by molar-refractivity contribution is 6.47. The van der Waals surface area contributed by atoms with E-state index in [0.29, 0.717) is 0 Å². The predicted molar refractivity (Wildman–Crippen MR) is 37.3 cm³/mol. The van der Waals surface area contributed by atoms with Crippen LogP contribution in [0.2, 0.25) is 0 Å². The van der Waals surface area contributed by atoms with Crippen molar-refractivity contribution in [3.05, 3.63) is 0 Å². The molecule has 0 rings (SSSR count).